The molecule has 1 unspecified atom stereocenters. The van der Waals surface area contributed by atoms with Gasteiger partial charge in [-0.2, -0.15) is 5.26 Å². The normalized spacial score (nSPS) is 15.6. The van der Waals surface area contributed by atoms with Crippen LogP contribution in [-0.2, 0) is 0 Å². The molecule has 3 aromatic carbocycles. The molecule has 1 atom stereocenters. The lowest BCUT2D eigenvalue weighted by Gasteiger charge is -2.40. The van der Waals surface area contributed by atoms with Crippen LogP contribution in [0.3, 0.4) is 0 Å². The summed E-state index contributed by atoms with van der Waals surface area (Å²) in [7, 11) is 0. The van der Waals surface area contributed by atoms with Crippen molar-refractivity contribution in [3.63, 3.8) is 0 Å². The average molecular weight is 483 g/mol. The number of hydrogen-bond donors (Lipinski definition) is 1. The Hall–Kier alpha value is -4.15. The Morgan fingerprint density at radius 3 is 2.40 bits per heavy atom. The number of amides is 2. The van der Waals surface area contributed by atoms with E-state index in [2.05, 4.69) is 32.5 Å². The van der Waals surface area contributed by atoms with Gasteiger partial charge in [0.2, 0.25) is 0 Å². The maximum atomic E-state index is 12.9. The Balaban J connectivity index is 1.37. The Kier molecular flexibility index (Phi) is 6.21. The van der Waals surface area contributed by atoms with Gasteiger partial charge < -0.3 is 15.1 Å². The number of fused-ring (bicyclic) bond motifs is 1. The number of piperazine rings is 1. The summed E-state index contributed by atoms with van der Waals surface area (Å²) in [5.41, 5.74) is 3.01. The molecule has 0 bridgehead atoms. The Morgan fingerprint density at radius 1 is 1.00 bits per heavy atom. The van der Waals surface area contributed by atoms with E-state index in [1.807, 2.05) is 42.2 Å². The van der Waals surface area contributed by atoms with E-state index in [0.717, 1.165) is 27.8 Å². The second-order valence-electron chi connectivity index (χ2n) is 8.53. The van der Waals surface area contributed by atoms with Gasteiger partial charge >= 0.3 is 6.03 Å². The van der Waals surface area contributed by atoms with Crippen LogP contribution in [0.4, 0.5) is 16.3 Å². The van der Waals surface area contributed by atoms with Gasteiger partial charge in [-0.15, -0.1) is 10.2 Å². The second-order valence-corrected chi connectivity index (χ2v) is 8.97. The molecule has 4 aromatic rings. The minimum absolute atomic E-state index is 0.0187. The van der Waals surface area contributed by atoms with E-state index in [1.165, 1.54) is 0 Å². The van der Waals surface area contributed by atoms with E-state index >= 15 is 0 Å². The highest BCUT2D eigenvalue weighted by Gasteiger charge is 2.29. The molecule has 1 saturated heterocycles. The molecule has 8 heteroatoms. The molecule has 2 amide bonds. The van der Waals surface area contributed by atoms with Crippen LogP contribution in [0, 0.1) is 11.3 Å². The van der Waals surface area contributed by atoms with Crippen molar-refractivity contribution in [2.24, 2.45) is 0 Å². The number of urea groups is 1. The lowest BCUT2D eigenvalue weighted by molar-refractivity contribution is 0.184. The number of rotatable bonds is 3. The van der Waals surface area contributed by atoms with Crippen molar-refractivity contribution in [1.29, 1.82) is 5.26 Å². The van der Waals surface area contributed by atoms with Crippen molar-refractivity contribution < 1.29 is 4.79 Å². The van der Waals surface area contributed by atoms with E-state index in [4.69, 9.17) is 16.9 Å². The van der Waals surface area contributed by atoms with Crippen LogP contribution < -0.4 is 10.2 Å². The summed E-state index contributed by atoms with van der Waals surface area (Å²) in [6.45, 7) is 3.89. The van der Waals surface area contributed by atoms with Crippen LogP contribution in [-0.4, -0.2) is 46.8 Å². The number of benzene rings is 3. The first-order chi connectivity index (χ1) is 17.0. The lowest BCUT2D eigenvalue weighted by atomic mass is 10.0. The molecule has 1 aliphatic rings. The predicted molar refractivity (Wildman–Crippen MR) is 139 cm³/mol. The second kappa shape index (κ2) is 9.61. The number of anilines is 2. The zero-order valence-corrected chi connectivity index (χ0v) is 19.9. The van der Waals surface area contributed by atoms with Crippen molar-refractivity contribution in [3.8, 4) is 17.3 Å². The fourth-order valence-electron chi connectivity index (χ4n) is 4.42. The highest BCUT2D eigenvalue weighted by molar-refractivity contribution is 6.30. The maximum Gasteiger partial charge on any atom is 0.322 e. The number of carbonyl (C=O) groups excluding carboxylic acids is 1. The van der Waals surface area contributed by atoms with Gasteiger partial charge in [0.15, 0.2) is 5.82 Å². The van der Waals surface area contributed by atoms with Crippen LogP contribution in [0.5, 0.6) is 0 Å². The molecule has 1 fully saturated rings. The minimum Gasteiger partial charge on any atom is -0.351 e. The third kappa shape index (κ3) is 4.61. The van der Waals surface area contributed by atoms with Gasteiger partial charge in [0.1, 0.15) is 5.69 Å². The molecule has 0 saturated carbocycles. The van der Waals surface area contributed by atoms with Crippen LogP contribution >= 0.6 is 11.6 Å². The first kappa shape index (κ1) is 22.6. The van der Waals surface area contributed by atoms with Crippen molar-refractivity contribution in [2.75, 3.05) is 29.9 Å². The summed E-state index contributed by atoms with van der Waals surface area (Å²) in [4.78, 5) is 16.9. The zero-order valence-electron chi connectivity index (χ0n) is 19.1. The van der Waals surface area contributed by atoms with Gasteiger partial charge in [0, 0.05) is 52.7 Å². The first-order valence-electron chi connectivity index (χ1n) is 11.4. The van der Waals surface area contributed by atoms with E-state index < -0.39 is 0 Å². The van der Waals surface area contributed by atoms with E-state index in [9.17, 15) is 4.79 Å². The smallest absolute Gasteiger partial charge is 0.322 e. The highest BCUT2D eigenvalue weighted by Crippen LogP contribution is 2.32. The molecular weight excluding hydrogens is 460 g/mol. The lowest BCUT2D eigenvalue weighted by Crippen LogP contribution is -2.55. The molecule has 0 spiro atoms. The Bertz CT molecular complexity index is 1410. The van der Waals surface area contributed by atoms with E-state index in [-0.39, 0.29) is 12.1 Å². The predicted octanol–water partition coefficient (Wildman–Crippen LogP) is 5.56. The summed E-state index contributed by atoms with van der Waals surface area (Å²) >= 11 is 5.94. The number of halogens is 1. The fraction of sp³-hybridized carbons (Fsp3) is 0.185. The van der Waals surface area contributed by atoms with Crippen molar-refractivity contribution >= 4 is 39.9 Å². The molecule has 5 rings (SSSR count). The van der Waals surface area contributed by atoms with Crippen molar-refractivity contribution in [3.05, 3.63) is 83.4 Å². The molecule has 0 aliphatic carbocycles. The van der Waals surface area contributed by atoms with Gasteiger partial charge in [0.05, 0.1) is 11.6 Å². The van der Waals surface area contributed by atoms with Crippen LogP contribution in [0.2, 0.25) is 5.02 Å². The number of carbonyl (C=O) groups is 1. The van der Waals surface area contributed by atoms with Gasteiger partial charge in [-0.25, -0.2) is 4.79 Å². The first-order valence-corrected chi connectivity index (χ1v) is 11.8. The molecule has 1 N–H and O–H groups in total. The van der Waals surface area contributed by atoms with Crippen molar-refractivity contribution in [1.82, 2.24) is 15.1 Å². The van der Waals surface area contributed by atoms with Gasteiger partial charge in [-0.1, -0.05) is 48.0 Å². The minimum atomic E-state index is -0.133. The standard InChI is InChI=1S/C27H23ClN6O/c1-18-17-33(14-15-34(18)27(35)30-22-12-10-21(28)11-13-22)26-24-5-3-2-4-23(24)25(31-32-26)20-8-6-19(16-29)7-9-20/h2-13,18H,14-15,17H2,1H3,(H,30,35). The molecule has 1 aliphatic heterocycles. The molecule has 0 radical (unpaired) electrons. The van der Waals surface area contributed by atoms with Gasteiger partial charge in [0.25, 0.3) is 0 Å². The quantitative estimate of drug-likeness (QED) is 0.413. The molecule has 174 valence electrons. The molecule has 7 nitrogen and oxygen atoms in total. The van der Waals surface area contributed by atoms with Crippen LogP contribution in [0.15, 0.2) is 72.8 Å². The third-order valence-electron chi connectivity index (χ3n) is 6.24. The number of nitrogens with zero attached hydrogens (tertiary/aromatic N) is 5. The number of nitrogens with one attached hydrogen (secondary N) is 1. The molecule has 1 aromatic heterocycles. The maximum absolute atomic E-state index is 12.9. The summed E-state index contributed by atoms with van der Waals surface area (Å²) in [5, 5.41) is 23.9. The summed E-state index contributed by atoms with van der Waals surface area (Å²) in [6.07, 6.45) is 0. The number of hydrogen-bond acceptors (Lipinski definition) is 5. The summed E-state index contributed by atoms with van der Waals surface area (Å²) in [6, 6.07) is 24.5. The molecule has 35 heavy (non-hydrogen) atoms. The van der Waals surface area contributed by atoms with Gasteiger partial charge in [-0.3, -0.25) is 0 Å². The van der Waals surface area contributed by atoms with Crippen LogP contribution in [0.1, 0.15) is 12.5 Å². The van der Waals surface area contributed by atoms with Crippen molar-refractivity contribution in [2.45, 2.75) is 13.0 Å². The number of nitriles is 1. The average Bonchev–Trinajstić information content (AvgIpc) is 2.89. The molecule has 2 heterocycles. The SMILES string of the molecule is CC1CN(c2nnc(-c3ccc(C#N)cc3)c3ccccc23)CCN1C(=O)Nc1ccc(Cl)cc1. The number of aromatic nitrogens is 2. The topological polar surface area (TPSA) is 85.2 Å². The Morgan fingerprint density at radius 2 is 1.71 bits per heavy atom. The van der Waals surface area contributed by atoms with Crippen LogP contribution in [0.25, 0.3) is 22.0 Å². The van der Waals surface area contributed by atoms with E-state index in [0.29, 0.717) is 35.9 Å². The summed E-state index contributed by atoms with van der Waals surface area (Å²) in [5.74, 6) is 0.808. The monoisotopic (exact) mass is 482 g/mol. The third-order valence-corrected chi connectivity index (χ3v) is 6.49. The highest BCUT2D eigenvalue weighted by atomic mass is 35.5. The summed E-state index contributed by atoms with van der Waals surface area (Å²) < 4.78 is 0. The molecular formula is C27H23ClN6O. The zero-order chi connectivity index (χ0) is 24.4. The van der Waals surface area contributed by atoms with Gasteiger partial charge in [-0.05, 0) is 43.3 Å². The van der Waals surface area contributed by atoms with E-state index in [1.54, 1.807) is 36.4 Å². The largest absolute Gasteiger partial charge is 0.351 e. The Labute approximate surface area is 208 Å². The fourth-order valence-corrected chi connectivity index (χ4v) is 4.55.